The molecule has 1 saturated carbocycles. The van der Waals surface area contributed by atoms with E-state index in [2.05, 4.69) is 17.4 Å². The molecule has 3 heteroatoms. The standard InChI is InChI=1S/C16H23NO2/c1-17-13-7-9-16(18,10-8-13)14-6-2-4-12-5-3-11-19-15(12)14/h2,4,6,13,17-18H,3,5,7-11H2,1H3. The quantitative estimate of drug-likeness (QED) is 0.858. The van der Waals surface area contributed by atoms with Crippen molar-refractivity contribution in [3.8, 4) is 5.75 Å². The van der Waals surface area contributed by atoms with E-state index in [1.54, 1.807) is 0 Å². The number of nitrogens with one attached hydrogen (secondary N) is 1. The maximum absolute atomic E-state index is 11.0. The molecule has 1 aliphatic carbocycles. The van der Waals surface area contributed by atoms with Crippen molar-refractivity contribution >= 4 is 0 Å². The van der Waals surface area contributed by atoms with E-state index in [-0.39, 0.29) is 0 Å². The number of aryl methyl sites for hydroxylation is 1. The summed E-state index contributed by atoms with van der Waals surface area (Å²) < 4.78 is 5.85. The second-order valence-electron chi connectivity index (χ2n) is 5.84. The Balaban J connectivity index is 1.89. The Kier molecular flexibility index (Phi) is 3.50. The van der Waals surface area contributed by atoms with Gasteiger partial charge in [0.05, 0.1) is 12.2 Å². The number of ether oxygens (including phenoxy) is 1. The van der Waals surface area contributed by atoms with E-state index in [1.807, 2.05) is 13.1 Å². The number of aliphatic hydroxyl groups is 1. The van der Waals surface area contributed by atoms with Gasteiger partial charge in [-0.1, -0.05) is 18.2 Å². The number of rotatable bonds is 2. The first-order valence-electron chi connectivity index (χ1n) is 7.38. The van der Waals surface area contributed by atoms with Crippen LogP contribution in [0.5, 0.6) is 5.75 Å². The Labute approximate surface area is 115 Å². The Bertz CT molecular complexity index is 450. The summed E-state index contributed by atoms with van der Waals surface area (Å²) in [6, 6.07) is 6.77. The smallest absolute Gasteiger partial charge is 0.128 e. The van der Waals surface area contributed by atoms with E-state index in [9.17, 15) is 5.11 Å². The molecule has 1 aliphatic heterocycles. The number of hydrogen-bond donors (Lipinski definition) is 2. The van der Waals surface area contributed by atoms with Crippen molar-refractivity contribution in [1.82, 2.24) is 5.32 Å². The van der Waals surface area contributed by atoms with Gasteiger partial charge in [0.25, 0.3) is 0 Å². The average Bonchev–Trinajstić information content (AvgIpc) is 2.47. The molecule has 0 unspecified atom stereocenters. The van der Waals surface area contributed by atoms with Crippen LogP contribution in [0, 0.1) is 0 Å². The van der Waals surface area contributed by atoms with Crippen LogP contribution >= 0.6 is 0 Å². The Hall–Kier alpha value is -1.06. The van der Waals surface area contributed by atoms with Gasteiger partial charge in [-0.2, -0.15) is 0 Å². The second-order valence-corrected chi connectivity index (χ2v) is 5.84. The molecule has 3 nitrogen and oxygen atoms in total. The molecule has 1 aromatic rings. The fourth-order valence-corrected chi connectivity index (χ4v) is 3.41. The zero-order valence-electron chi connectivity index (χ0n) is 11.6. The van der Waals surface area contributed by atoms with Gasteiger partial charge in [0.15, 0.2) is 0 Å². The highest BCUT2D eigenvalue weighted by Crippen LogP contribution is 2.43. The average molecular weight is 261 g/mol. The fourth-order valence-electron chi connectivity index (χ4n) is 3.41. The van der Waals surface area contributed by atoms with Crippen LogP contribution in [-0.2, 0) is 12.0 Å². The molecule has 2 N–H and O–H groups in total. The first kappa shape index (κ1) is 12.9. The third-order valence-electron chi connectivity index (χ3n) is 4.66. The van der Waals surface area contributed by atoms with Gasteiger partial charge in [0.2, 0.25) is 0 Å². The second kappa shape index (κ2) is 5.14. The summed E-state index contributed by atoms with van der Waals surface area (Å²) in [5.41, 5.74) is 1.57. The molecule has 0 saturated heterocycles. The predicted molar refractivity (Wildman–Crippen MR) is 75.5 cm³/mol. The first-order valence-corrected chi connectivity index (χ1v) is 7.38. The zero-order valence-corrected chi connectivity index (χ0v) is 11.6. The van der Waals surface area contributed by atoms with Crippen molar-refractivity contribution in [3.05, 3.63) is 29.3 Å². The normalized spacial score (nSPS) is 30.5. The van der Waals surface area contributed by atoms with Crippen LogP contribution in [0.1, 0.15) is 43.2 Å². The highest BCUT2D eigenvalue weighted by molar-refractivity contribution is 5.46. The lowest BCUT2D eigenvalue weighted by Crippen LogP contribution is -2.38. The largest absolute Gasteiger partial charge is 0.493 e. The van der Waals surface area contributed by atoms with E-state index in [4.69, 9.17) is 4.74 Å². The van der Waals surface area contributed by atoms with E-state index in [0.717, 1.165) is 56.4 Å². The van der Waals surface area contributed by atoms with Gasteiger partial charge >= 0.3 is 0 Å². The number of fused-ring (bicyclic) bond motifs is 1. The topological polar surface area (TPSA) is 41.5 Å². The zero-order chi connectivity index (χ0) is 13.3. The summed E-state index contributed by atoms with van der Waals surface area (Å²) >= 11 is 0. The predicted octanol–water partition coefficient (Wildman–Crippen LogP) is 2.36. The summed E-state index contributed by atoms with van der Waals surface area (Å²) in [4.78, 5) is 0. The lowest BCUT2D eigenvalue weighted by molar-refractivity contribution is -0.0103. The Morgan fingerprint density at radius 1 is 1.32 bits per heavy atom. The molecule has 0 amide bonds. The molecule has 19 heavy (non-hydrogen) atoms. The SMILES string of the molecule is CNC1CCC(O)(c2cccc3c2OCCC3)CC1. The summed E-state index contributed by atoms with van der Waals surface area (Å²) in [6.07, 6.45) is 5.83. The highest BCUT2D eigenvalue weighted by atomic mass is 16.5. The van der Waals surface area contributed by atoms with Crippen LogP contribution in [-0.4, -0.2) is 24.8 Å². The molecular formula is C16H23NO2. The van der Waals surface area contributed by atoms with Crippen molar-refractivity contribution in [2.24, 2.45) is 0 Å². The van der Waals surface area contributed by atoms with Crippen LogP contribution in [0.2, 0.25) is 0 Å². The van der Waals surface area contributed by atoms with Crippen molar-refractivity contribution in [2.75, 3.05) is 13.7 Å². The number of benzene rings is 1. The van der Waals surface area contributed by atoms with E-state index < -0.39 is 5.60 Å². The number of para-hydroxylation sites is 1. The number of hydrogen-bond acceptors (Lipinski definition) is 3. The third kappa shape index (κ3) is 2.37. The maximum atomic E-state index is 11.0. The summed E-state index contributed by atoms with van der Waals surface area (Å²) in [5.74, 6) is 0.958. The van der Waals surface area contributed by atoms with Crippen molar-refractivity contribution < 1.29 is 9.84 Å². The lowest BCUT2D eigenvalue weighted by atomic mass is 9.76. The van der Waals surface area contributed by atoms with Crippen LogP contribution in [0.15, 0.2) is 18.2 Å². The molecule has 0 bridgehead atoms. The fraction of sp³-hybridized carbons (Fsp3) is 0.625. The molecule has 0 radical (unpaired) electrons. The minimum Gasteiger partial charge on any atom is -0.493 e. The summed E-state index contributed by atoms with van der Waals surface area (Å²) in [6.45, 7) is 0.777. The maximum Gasteiger partial charge on any atom is 0.128 e. The van der Waals surface area contributed by atoms with Crippen molar-refractivity contribution in [3.63, 3.8) is 0 Å². The van der Waals surface area contributed by atoms with Gasteiger partial charge in [0, 0.05) is 11.6 Å². The van der Waals surface area contributed by atoms with E-state index >= 15 is 0 Å². The van der Waals surface area contributed by atoms with Crippen LogP contribution in [0.4, 0.5) is 0 Å². The molecule has 1 aromatic carbocycles. The highest BCUT2D eigenvalue weighted by Gasteiger charge is 2.37. The van der Waals surface area contributed by atoms with Gasteiger partial charge < -0.3 is 15.2 Å². The first-order chi connectivity index (χ1) is 9.23. The van der Waals surface area contributed by atoms with Crippen LogP contribution in [0.25, 0.3) is 0 Å². The van der Waals surface area contributed by atoms with Crippen molar-refractivity contribution in [2.45, 2.75) is 50.2 Å². The molecule has 0 atom stereocenters. The molecule has 104 valence electrons. The lowest BCUT2D eigenvalue weighted by Gasteiger charge is -2.38. The molecular weight excluding hydrogens is 238 g/mol. The van der Waals surface area contributed by atoms with E-state index in [0.29, 0.717) is 6.04 Å². The Morgan fingerprint density at radius 2 is 2.11 bits per heavy atom. The van der Waals surface area contributed by atoms with Crippen molar-refractivity contribution in [1.29, 1.82) is 0 Å². The molecule has 1 heterocycles. The molecule has 2 aliphatic rings. The summed E-state index contributed by atoms with van der Waals surface area (Å²) in [5, 5.41) is 14.3. The van der Waals surface area contributed by atoms with Gasteiger partial charge in [-0.3, -0.25) is 0 Å². The van der Waals surface area contributed by atoms with E-state index in [1.165, 1.54) is 5.56 Å². The Morgan fingerprint density at radius 3 is 2.84 bits per heavy atom. The van der Waals surface area contributed by atoms with Gasteiger partial charge in [-0.05, 0) is 51.1 Å². The van der Waals surface area contributed by atoms with Crippen LogP contribution in [0.3, 0.4) is 0 Å². The minimum absolute atomic E-state index is 0.542. The summed E-state index contributed by atoms with van der Waals surface area (Å²) in [7, 11) is 2.00. The van der Waals surface area contributed by atoms with Gasteiger partial charge in [-0.25, -0.2) is 0 Å². The minimum atomic E-state index is -0.698. The van der Waals surface area contributed by atoms with Gasteiger partial charge in [0.1, 0.15) is 5.75 Å². The van der Waals surface area contributed by atoms with Gasteiger partial charge in [-0.15, -0.1) is 0 Å². The molecule has 1 fully saturated rings. The van der Waals surface area contributed by atoms with Crippen LogP contribution < -0.4 is 10.1 Å². The molecule has 3 rings (SSSR count). The molecule has 0 spiro atoms. The third-order valence-corrected chi connectivity index (χ3v) is 4.66. The molecule has 0 aromatic heterocycles. The monoisotopic (exact) mass is 261 g/mol.